The highest BCUT2D eigenvalue weighted by atomic mass is 16.6. The number of hydrogen-bond donors (Lipinski definition) is 1. The lowest BCUT2D eigenvalue weighted by atomic mass is 9.44. The largest absolute Gasteiger partial charge is 0.466 e. The molecule has 1 amide bonds. The van der Waals surface area contributed by atoms with Crippen molar-refractivity contribution in [2.24, 2.45) is 23.2 Å². The molecule has 0 aromatic rings. The molecule has 3 rings (SSSR count). The van der Waals surface area contributed by atoms with Gasteiger partial charge in [-0.25, -0.2) is 4.79 Å². The summed E-state index contributed by atoms with van der Waals surface area (Å²) in [4.78, 5) is 23.8. The molecule has 0 radical (unpaired) electrons. The molecule has 3 aliphatic rings. The van der Waals surface area contributed by atoms with Crippen LogP contribution in [0.1, 0.15) is 80.1 Å². The number of rotatable bonds is 8. The van der Waals surface area contributed by atoms with E-state index in [2.05, 4.69) is 31.3 Å². The van der Waals surface area contributed by atoms with Gasteiger partial charge in [0.25, 0.3) is 0 Å². The van der Waals surface area contributed by atoms with Gasteiger partial charge in [0.2, 0.25) is 0 Å². The zero-order valence-corrected chi connectivity index (χ0v) is 18.5. The minimum absolute atomic E-state index is 0.118. The zero-order valence-electron chi connectivity index (χ0n) is 18.5. The van der Waals surface area contributed by atoms with Gasteiger partial charge in [0, 0.05) is 12.5 Å². The first kappa shape index (κ1) is 22.8. The Labute approximate surface area is 170 Å². The summed E-state index contributed by atoms with van der Waals surface area (Å²) in [5, 5.41) is 3.19. The molecule has 0 saturated heterocycles. The first-order chi connectivity index (χ1) is 13.0. The Morgan fingerprint density at radius 3 is 2.50 bits per heavy atom. The predicted octanol–water partition coefficient (Wildman–Crippen LogP) is 5.24. The van der Waals surface area contributed by atoms with E-state index in [9.17, 15) is 9.59 Å². The van der Waals surface area contributed by atoms with Crippen molar-refractivity contribution in [1.29, 1.82) is 0 Å². The molecule has 28 heavy (non-hydrogen) atoms. The van der Waals surface area contributed by atoms with Crippen molar-refractivity contribution in [2.75, 3.05) is 6.61 Å². The number of unbranched alkanes of at least 4 members (excludes halogenated alkanes) is 1. The monoisotopic (exact) mass is 393 g/mol. The van der Waals surface area contributed by atoms with Gasteiger partial charge in [-0.05, 0) is 83.0 Å². The maximum atomic E-state index is 12.4. The van der Waals surface area contributed by atoms with Gasteiger partial charge in [-0.3, -0.25) is 4.79 Å². The maximum Gasteiger partial charge on any atom is 0.407 e. The van der Waals surface area contributed by atoms with Crippen molar-refractivity contribution in [1.82, 2.24) is 5.32 Å². The molecule has 2 bridgehead atoms. The molecule has 1 N–H and O–H groups in total. The van der Waals surface area contributed by atoms with Gasteiger partial charge in [-0.15, -0.1) is 0 Å². The number of hydrogen-bond acceptors (Lipinski definition) is 4. The summed E-state index contributed by atoms with van der Waals surface area (Å²) < 4.78 is 10.5. The lowest BCUT2D eigenvalue weighted by molar-refractivity contribution is -0.143. The molecule has 0 spiro atoms. The summed E-state index contributed by atoms with van der Waals surface area (Å²) in [5.74, 6) is 1.59. The van der Waals surface area contributed by atoms with E-state index in [4.69, 9.17) is 9.47 Å². The second-order valence-electron chi connectivity index (χ2n) is 9.93. The van der Waals surface area contributed by atoms with Crippen LogP contribution >= 0.6 is 0 Å². The first-order valence-electron chi connectivity index (χ1n) is 10.8. The predicted molar refractivity (Wildman–Crippen MR) is 111 cm³/mol. The number of carbonyl (C=O) groups excluding carboxylic acids is 2. The molecular weight excluding hydrogens is 354 g/mol. The minimum atomic E-state index is -0.481. The van der Waals surface area contributed by atoms with Crippen molar-refractivity contribution in [2.45, 2.75) is 91.7 Å². The summed E-state index contributed by atoms with van der Waals surface area (Å²) in [6.45, 7) is 12.6. The fourth-order valence-electron chi connectivity index (χ4n) is 4.80. The van der Waals surface area contributed by atoms with Crippen molar-refractivity contribution in [3.63, 3.8) is 0 Å². The van der Waals surface area contributed by atoms with E-state index in [0.29, 0.717) is 30.3 Å². The van der Waals surface area contributed by atoms with E-state index in [1.165, 1.54) is 6.42 Å². The van der Waals surface area contributed by atoms with Crippen LogP contribution in [0.4, 0.5) is 4.79 Å². The van der Waals surface area contributed by atoms with Crippen LogP contribution in [0.3, 0.4) is 0 Å². The van der Waals surface area contributed by atoms with E-state index in [1.54, 1.807) is 0 Å². The second-order valence-corrected chi connectivity index (χ2v) is 9.93. The molecule has 0 heterocycles. The standard InChI is InChI=1S/C23H39NO4/c1-7-27-19(25)13-11-9-8-10-12-16-14-17-15-18(23(17,5)6)20(16)24-21(26)28-22(2,3)4/h8,10,16-18,20H,7,9,11-15H2,1-6H3,(H,24,26)/b10-8-/t16-,17-,18-,20+/m0/s1. The summed E-state index contributed by atoms with van der Waals surface area (Å²) in [5.41, 5.74) is -0.190. The van der Waals surface area contributed by atoms with Crippen LogP contribution in [0.15, 0.2) is 12.2 Å². The highest BCUT2D eigenvalue weighted by Crippen LogP contribution is 2.61. The van der Waals surface area contributed by atoms with E-state index in [0.717, 1.165) is 31.6 Å². The third-order valence-electron chi connectivity index (χ3n) is 6.42. The molecule has 5 nitrogen and oxygen atoms in total. The van der Waals surface area contributed by atoms with E-state index >= 15 is 0 Å². The van der Waals surface area contributed by atoms with Crippen molar-refractivity contribution >= 4 is 12.1 Å². The zero-order chi connectivity index (χ0) is 20.9. The third kappa shape index (κ3) is 5.99. The highest BCUT2D eigenvalue weighted by Gasteiger charge is 2.57. The molecule has 5 heteroatoms. The van der Waals surface area contributed by atoms with Gasteiger partial charge in [-0.1, -0.05) is 26.0 Å². The Hall–Kier alpha value is -1.52. The molecule has 160 valence electrons. The first-order valence-corrected chi connectivity index (χ1v) is 10.8. The van der Waals surface area contributed by atoms with Gasteiger partial charge >= 0.3 is 12.1 Å². The molecule has 4 atom stereocenters. The summed E-state index contributed by atoms with van der Waals surface area (Å²) in [7, 11) is 0. The average Bonchev–Trinajstić information content (AvgIpc) is 2.57. The smallest absolute Gasteiger partial charge is 0.407 e. The van der Waals surface area contributed by atoms with E-state index in [1.807, 2.05) is 27.7 Å². The minimum Gasteiger partial charge on any atom is -0.466 e. The van der Waals surface area contributed by atoms with Crippen LogP contribution in [-0.2, 0) is 14.3 Å². The molecule has 3 aliphatic carbocycles. The van der Waals surface area contributed by atoms with E-state index in [-0.39, 0.29) is 18.1 Å². The topological polar surface area (TPSA) is 64.6 Å². The Kier molecular flexibility index (Phi) is 7.58. The van der Waals surface area contributed by atoms with Gasteiger partial charge in [-0.2, -0.15) is 0 Å². The summed E-state index contributed by atoms with van der Waals surface area (Å²) in [6, 6.07) is 0.166. The number of nitrogens with one attached hydrogen (secondary N) is 1. The van der Waals surface area contributed by atoms with Crippen LogP contribution in [0, 0.1) is 23.2 Å². The van der Waals surface area contributed by atoms with E-state index < -0.39 is 5.60 Å². The van der Waals surface area contributed by atoms with Gasteiger partial charge in [0.05, 0.1) is 6.61 Å². The van der Waals surface area contributed by atoms with Crippen LogP contribution in [0.2, 0.25) is 0 Å². The molecular formula is C23H39NO4. The normalized spacial score (nSPS) is 28.5. The summed E-state index contributed by atoms with van der Waals surface area (Å²) >= 11 is 0. The fourth-order valence-corrected chi connectivity index (χ4v) is 4.80. The number of amides is 1. The second kappa shape index (κ2) is 9.32. The van der Waals surface area contributed by atoms with Crippen molar-refractivity contribution in [3.05, 3.63) is 12.2 Å². The Balaban J connectivity index is 1.86. The van der Waals surface area contributed by atoms with Gasteiger partial charge in [0.1, 0.15) is 5.60 Å². The Morgan fingerprint density at radius 2 is 1.89 bits per heavy atom. The van der Waals surface area contributed by atoms with Crippen molar-refractivity contribution < 1.29 is 19.1 Å². The lowest BCUT2D eigenvalue weighted by Crippen LogP contribution is -2.63. The number of fused-ring (bicyclic) bond motifs is 2. The van der Waals surface area contributed by atoms with Gasteiger partial charge < -0.3 is 14.8 Å². The van der Waals surface area contributed by atoms with Gasteiger partial charge in [0.15, 0.2) is 0 Å². The molecule has 0 aromatic heterocycles. The molecule has 0 unspecified atom stereocenters. The molecule has 3 saturated carbocycles. The maximum absolute atomic E-state index is 12.4. The number of esters is 1. The highest BCUT2D eigenvalue weighted by molar-refractivity contribution is 5.69. The van der Waals surface area contributed by atoms with Crippen LogP contribution in [0.5, 0.6) is 0 Å². The molecule has 0 aliphatic heterocycles. The van der Waals surface area contributed by atoms with Crippen molar-refractivity contribution in [3.8, 4) is 0 Å². The Morgan fingerprint density at radius 1 is 1.18 bits per heavy atom. The van der Waals surface area contributed by atoms with Crippen LogP contribution in [-0.4, -0.2) is 30.3 Å². The number of alkyl carbamates (subject to hydrolysis) is 1. The number of ether oxygens (including phenoxy) is 2. The molecule has 3 fully saturated rings. The SMILES string of the molecule is CCOC(=O)CCC/C=C\C[C@H]1C[C@H]2C[C@@H]([C@@H]1NC(=O)OC(C)(C)C)C2(C)C. The lowest BCUT2D eigenvalue weighted by Gasteiger charge is -2.62. The fraction of sp³-hybridized carbons (Fsp3) is 0.826. The van der Waals surface area contributed by atoms with Crippen LogP contribution < -0.4 is 5.32 Å². The number of allylic oxidation sites excluding steroid dienone is 2. The quantitative estimate of drug-likeness (QED) is 0.348. The number of carbonyl (C=O) groups is 2. The summed E-state index contributed by atoms with van der Waals surface area (Å²) in [6.07, 6.45) is 9.57. The van der Waals surface area contributed by atoms with Crippen LogP contribution in [0.25, 0.3) is 0 Å². The average molecular weight is 394 g/mol. The molecule has 0 aromatic carbocycles. The third-order valence-corrected chi connectivity index (χ3v) is 6.42. The Bertz CT molecular complexity index is 576.